The molecule has 1 heterocycles. The maximum Gasteiger partial charge on any atom is 0.339 e. The number of rotatable bonds is 4. The monoisotopic (exact) mass is 303 g/mol. The highest BCUT2D eigenvalue weighted by molar-refractivity contribution is 7.92. The molecule has 2 N–H and O–H groups in total. The number of carboxylic acids is 1. The maximum absolute atomic E-state index is 11.7. The molecule has 0 saturated carbocycles. The Hall–Kier alpha value is -1.27. The van der Waals surface area contributed by atoms with Gasteiger partial charge in [0.25, 0.3) is 0 Å². The summed E-state index contributed by atoms with van der Waals surface area (Å²) in [6, 6.07) is 4.69. The van der Waals surface area contributed by atoms with Crippen molar-refractivity contribution in [3.05, 3.63) is 28.8 Å². The van der Waals surface area contributed by atoms with Crippen LogP contribution in [0.15, 0.2) is 18.2 Å². The summed E-state index contributed by atoms with van der Waals surface area (Å²) in [5.41, 5.74) is 0.321. The van der Waals surface area contributed by atoms with E-state index in [1.807, 2.05) is 0 Å². The zero-order valence-electron chi connectivity index (χ0n) is 10.1. The van der Waals surface area contributed by atoms with Crippen LogP contribution in [-0.4, -0.2) is 37.0 Å². The molecule has 1 unspecified atom stereocenters. The Morgan fingerprint density at radius 2 is 2.21 bits per heavy atom. The summed E-state index contributed by atoms with van der Waals surface area (Å²) in [5, 5.41) is 11.7. The number of carboxylic acid groups (broad SMARTS) is 1. The van der Waals surface area contributed by atoms with E-state index in [2.05, 4.69) is 5.32 Å². The van der Waals surface area contributed by atoms with Crippen molar-refractivity contribution in [1.29, 1.82) is 0 Å². The third-order valence-electron chi connectivity index (χ3n) is 3.21. The number of carbonyl (C=O) groups is 1. The van der Waals surface area contributed by atoms with Gasteiger partial charge >= 0.3 is 5.97 Å². The third-order valence-corrected chi connectivity index (χ3v) is 5.80. The van der Waals surface area contributed by atoms with Crippen LogP contribution in [0.1, 0.15) is 23.2 Å². The summed E-state index contributed by atoms with van der Waals surface area (Å²) in [5.74, 6) is -0.928. The fraction of sp³-hybridized carbons (Fsp3) is 0.417. The second kappa shape index (κ2) is 5.38. The van der Waals surface area contributed by atoms with Crippen LogP contribution in [-0.2, 0) is 9.84 Å². The zero-order chi connectivity index (χ0) is 14.0. The van der Waals surface area contributed by atoms with Crippen LogP contribution >= 0.6 is 11.6 Å². The first-order chi connectivity index (χ1) is 8.92. The largest absolute Gasteiger partial charge is 0.478 e. The lowest BCUT2D eigenvalue weighted by molar-refractivity contribution is 0.0698. The molecule has 0 radical (unpaired) electrons. The van der Waals surface area contributed by atoms with E-state index >= 15 is 0 Å². The van der Waals surface area contributed by atoms with Gasteiger partial charge in [0.15, 0.2) is 9.84 Å². The highest BCUT2D eigenvalue weighted by Crippen LogP contribution is 2.26. The topological polar surface area (TPSA) is 83.5 Å². The standard InChI is InChI=1S/C12H14ClNO4S/c13-9-4-1-5-10(11(9)12(15)16)14-7-8-3-2-6-19(8,17)18/h1,4-5,8,14H,2-3,6-7H2,(H,15,16). The summed E-state index contributed by atoms with van der Waals surface area (Å²) in [6.45, 7) is 0.211. The first-order valence-electron chi connectivity index (χ1n) is 5.89. The van der Waals surface area contributed by atoms with Gasteiger partial charge in [0.2, 0.25) is 0 Å². The van der Waals surface area contributed by atoms with Crippen molar-refractivity contribution >= 4 is 33.1 Å². The number of anilines is 1. The summed E-state index contributed by atoms with van der Waals surface area (Å²) in [7, 11) is -3.04. The molecule has 2 rings (SSSR count). The fourth-order valence-corrected chi connectivity index (χ4v) is 4.22. The molecule has 1 atom stereocenters. The molecule has 1 saturated heterocycles. The average Bonchev–Trinajstić information content (AvgIpc) is 2.65. The molecule has 1 aromatic carbocycles. The molecule has 19 heavy (non-hydrogen) atoms. The Morgan fingerprint density at radius 1 is 1.47 bits per heavy atom. The maximum atomic E-state index is 11.7. The summed E-state index contributed by atoms with van der Waals surface area (Å²) in [4.78, 5) is 11.1. The Bertz CT molecular complexity index is 600. The van der Waals surface area contributed by atoms with Crippen molar-refractivity contribution in [2.45, 2.75) is 18.1 Å². The van der Waals surface area contributed by atoms with Crippen LogP contribution in [0.2, 0.25) is 5.02 Å². The van der Waals surface area contributed by atoms with Gasteiger partial charge in [-0.15, -0.1) is 0 Å². The number of benzene rings is 1. The van der Waals surface area contributed by atoms with Crippen molar-refractivity contribution in [2.75, 3.05) is 17.6 Å². The lowest BCUT2D eigenvalue weighted by atomic mass is 10.1. The molecule has 0 bridgehead atoms. The molecular formula is C12H14ClNO4S. The highest BCUT2D eigenvalue weighted by atomic mass is 35.5. The smallest absolute Gasteiger partial charge is 0.339 e. The van der Waals surface area contributed by atoms with E-state index in [9.17, 15) is 13.2 Å². The minimum atomic E-state index is -3.04. The van der Waals surface area contributed by atoms with E-state index in [0.29, 0.717) is 18.5 Å². The van der Waals surface area contributed by atoms with E-state index in [1.54, 1.807) is 12.1 Å². The van der Waals surface area contributed by atoms with Crippen LogP contribution < -0.4 is 5.32 Å². The third kappa shape index (κ3) is 3.01. The molecule has 1 aromatic rings. The zero-order valence-corrected chi connectivity index (χ0v) is 11.7. The quantitative estimate of drug-likeness (QED) is 0.889. The van der Waals surface area contributed by atoms with Crippen LogP contribution in [0.5, 0.6) is 0 Å². The molecule has 104 valence electrons. The number of hydrogen-bond acceptors (Lipinski definition) is 4. The number of aromatic carboxylic acids is 1. The molecular weight excluding hydrogens is 290 g/mol. The van der Waals surface area contributed by atoms with Gasteiger partial charge < -0.3 is 10.4 Å². The van der Waals surface area contributed by atoms with E-state index in [-0.39, 0.29) is 22.9 Å². The van der Waals surface area contributed by atoms with Crippen molar-refractivity contribution < 1.29 is 18.3 Å². The highest BCUT2D eigenvalue weighted by Gasteiger charge is 2.31. The van der Waals surface area contributed by atoms with Crippen LogP contribution in [0.3, 0.4) is 0 Å². The molecule has 0 aromatic heterocycles. The number of sulfone groups is 1. The van der Waals surface area contributed by atoms with Gasteiger partial charge in [-0.3, -0.25) is 0 Å². The van der Waals surface area contributed by atoms with Crippen LogP contribution in [0, 0.1) is 0 Å². The van der Waals surface area contributed by atoms with Gasteiger partial charge in [-0.2, -0.15) is 0 Å². The summed E-state index contributed by atoms with van der Waals surface area (Å²) < 4.78 is 23.4. The molecule has 1 aliphatic rings. The van der Waals surface area contributed by atoms with Crippen LogP contribution in [0.4, 0.5) is 5.69 Å². The predicted molar refractivity (Wildman–Crippen MR) is 73.7 cm³/mol. The van der Waals surface area contributed by atoms with E-state index in [4.69, 9.17) is 16.7 Å². The number of hydrogen-bond donors (Lipinski definition) is 2. The van der Waals surface area contributed by atoms with Crippen molar-refractivity contribution in [3.8, 4) is 0 Å². The van der Waals surface area contributed by atoms with Crippen molar-refractivity contribution in [3.63, 3.8) is 0 Å². The number of nitrogens with one attached hydrogen (secondary N) is 1. The van der Waals surface area contributed by atoms with Crippen molar-refractivity contribution in [1.82, 2.24) is 0 Å². The Balaban J connectivity index is 2.16. The molecule has 0 aliphatic carbocycles. The minimum Gasteiger partial charge on any atom is -0.478 e. The fourth-order valence-electron chi connectivity index (χ4n) is 2.20. The van der Waals surface area contributed by atoms with Crippen molar-refractivity contribution in [2.24, 2.45) is 0 Å². The van der Waals surface area contributed by atoms with Gasteiger partial charge in [-0.1, -0.05) is 17.7 Å². The Labute approximate surface area is 116 Å². The first kappa shape index (κ1) is 14.1. The summed E-state index contributed by atoms with van der Waals surface area (Å²) in [6.07, 6.45) is 1.27. The SMILES string of the molecule is O=C(O)c1c(Cl)cccc1NCC1CCCS1(=O)=O. The van der Waals surface area contributed by atoms with Gasteiger partial charge in [0.1, 0.15) is 5.56 Å². The lowest BCUT2D eigenvalue weighted by Crippen LogP contribution is -2.25. The second-order valence-electron chi connectivity index (χ2n) is 4.48. The van der Waals surface area contributed by atoms with Gasteiger partial charge in [-0.05, 0) is 25.0 Å². The molecule has 1 fully saturated rings. The summed E-state index contributed by atoms with van der Waals surface area (Å²) >= 11 is 5.84. The van der Waals surface area contributed by atoms with E-state index in [0.717, 1.165) is 0 Å². The van der Waals surface area contributed by atoms with E-state index < -0.39 is 21.1 Å². The molecule has 5 nitrogen and oxygen atoms in total. The van der Waals surface area contributed by atoms with Gasteiger partial charge in [0, 0.05) is 6.54 Å². The predicted octanol–water partition coefficient (Wildman–Crippen LogP) is 2.03. The minimum absolute atomic E-state index is 0.0282. The van der Waals surface area contributed by atoms with Gasteiger partial charge in [0.05, 0.1) is 21.7 Å². The normalized spacial score (nSPS) is 21.2. The second-order valence-corrected chi connectivity index (χ2v) is 7.29. The Kier molecular flexibility index (Phi) is 4.01. The Morgan fingerprint density at radius 3 is 2.79 bits per heavy atom. The number of halogens is 1. The van der Waals surface area contributed by atoms with Crippen LogP contribution in [0.25, 0.3) is 0 Å². The van der Waals surface area contributed by atoms with Gasteiger partial charge in [-0.25, -0.2) is 13.2 Å². The lowest BCUT2D eigenvalue weighted by Gasteiger charge is -2.14. The average molecular weight is 304 g/mol. The van der Waals surface area contributed by atoms with E-state index in [1.165, 1.54) is 6.07 Å². The molecule has 0 spiro atoms. The molecule has 7 heteroatoms. The first-order valence-corrected chi connectivity index (χ1v) is 7.98. The molecule has 0 amide bonds. The molecule has 1 aliphatic heterocycles.